The quantitative estimate of drug-likeness (QED) is 0.126. The third-order valence-electron chi connectivity index (χ3n) is 22.6. The van der Waals surface area contributed by atoms with Gasteiger partial charge >= 0.3 is 0 Å². The molecule has 18 aromatic rings. The average molecular weight is 1440 g/mol. The van der Waals surface area contributed by atoms with Crippen molar-refractivity contribution in [3.05, 3.63) is 381 Å². The van der Waals surface area contributed by atoms with Crippen LogP contribution in [0.5, 0.6) is 34.5 Å². The lowest BCUT2D eigenvalue weighted by Gasteiger charge is -2.34. The van der Waals surface area contributed by atoms with E-state index in [-0.39, 0.29) is 5.41 Å². The first kappa shape index (κ1) is 64.3. The molecule has 5 heterocycles. The highest BCUT2D eigenvalue weighted by atomic mass is 16.5. The van der Waals surface area contributed by atoms with Crippen molar-refractivity contribution in [2.24, 2.45) is 0 Å². The van der Waals surface area contributed by atoms with Gasteiger partial charge in [0.1, 0.15) is 0 Å². The van der Waals surface area contributed by atoms with Crippen LogP contribution in [0.2, 0.25) is 0 Å². The number of fused-ring (bicyclic) bond motifs is 12. The van der Waals surface area contributed by atoms with Crippen molar-refractivity contribution >= 4 is 73.0 Å². The predicted molar refractivity (Wildman–Crippen MR) is 454 cm³/mol. The Labute approximate surface area is 647 Å². The van der Waals surface area contributed by atoms with Gasteiger partial charge in [0.15, 0.2) is 52.0 Å². The minimum absolute atomic E-state index is 0.356. The Morgan fingerprint density at radius 3 is 1.07 bits per heavy atom. The van der Waals surface area contributed by atoms with Crippen LogP contribution in [0.3, 0.4) is 0 Å². The maximum Gasteiger partial charge on any atom is 0.164 e. The number of aromatic nitrogens is 4. The van der Waals surface area contributed by atoms with Crippen LogP contribution in [0.15, 0.2) is 370 Å². The molecule has 4 aliphatic rings. The van der Waals surface area contributed by atoms with E-state index in [0.717, 1.165) is 164 Å². The summed E-state index contributed by atoms with van der Waals surface area (Å²) in [6, 6.07) is 131. The second-order valence-corrected chi connectivity index (χ2v) is 29.5. The molecule has 528 valence electrons. The largest absolute Gasteiger partial charge is 0.453 e. The maximum absolute atomic E-state index is 7.14. The first-order valence-corrected chi connectivity index (χ1v) is 37.9. The Morgan fingerprint density at radius 2 is 0.598 bits per heavy atom. The maximum atomic E-state index is 7.14. The second kappa shape index (κ2) is 25.7. The summed E-state index contributed by atoms with van der Waals surface area (Å²) in [5.74, 6) is 6.75. The molecule has 0 spiro atoms. The van der Waals surface area contributed by atoms with Crippen LogP contribution < -0.4 is 28.9 Å². The molecule has 2 aromatic heterocycles. The Kier molecular flexibility index (Phi) is 14.7. The zero-order valence-electron chi connectivity index (χ0n) is 61.1. The van der Waals surface area contributed by atoms with Crippen LogP contribution in [0.1, 0.15) is 25.0 Å². The second-order valence-electron chi connectivity index (χ2n) is 29.5. The molecule has 16 aromatic carbocycles. The van der Waals surface area contributed by atoms with Crippen molar-refractivity contribution < 1.29 is 14.2 Å². The molecule has 3 aliphatic heterocycles. The lowest BCUT2D eigenvalue weighted by atomic mass is 9.81. The number of nitrogens with zero attached hydrogens (tertiary/aromatic N) is 7. The minimum Gasteiger partial charge on any atom is -0.453 e. The SMILES string of the molecule is CC1(C)c2cc(-c3cccc4c3Oc3ccccc3N4c3ccc(-c4cc(-c5ccc(N6c7ccccc7Oc7ccccc76)cc5)cc(-c5ccc(N6c7ccccc7Oc7ccccc76)cc5)c4)cc3)ccc2-c2cc3c4ccccc4n(-c4ccc(-c5nc(-c6ccccc6)nc(-c6ccccc6)n5)cc4)c3cc21. The van der Waals surface area contributed by atoms with Crippen molar-refractivity contribution in [3.8, 4) is 130 Å². The Morgan fingerprint density at radius 1 is 0.232 bits per heavy atom. The molecular weight excluding hydrogens is 1370 g/mol. The predicted octanol–water partition coefficient (Wildman–Crippen LogP) is 27.7. The first-order valence-electron chi connectivity index (χ1n) is 37.9. The third-order valence-corrected chi connectivity index (χ3v) is 22.6. The fraction of sp³-hybridized carbons (Fsp3) is 0.0294. The molecule has 0 N–H and O–H groups in total. The summed E-state index contributed by atoms with van der Waals surface area (Å²) in [6.07, 6.45) is 0. The van der Waals surface area contributed by atoms with Gasteiger partial charge in [-0.05, 0) is 231 Å². The van der Waals surface area contributed by atoms with E-state index in [9.17, 15) is 0 Å². The van der Waals surface area contributed by atoms with Crippen molar-refractivity contribution in [2.75, 3.05) is 14.7 Å². The molecule has 0 bridgehead atoms. The summed E-state index contributed by atoms with van der Waals surface area (Å²) in [7, 11) is 0. The normalized spacial score (nSPS) is 13.1. The van der Waals surface area contributed by atoms with Gasteiger partial charge < -0.3 is 33.5 Å². The van der Waals surface area contributed by atoms with E-state index < -0.39 is 0 Å². The number of hydrogen-bond acceptors (Lipinski definition) is 9. The van der Waals surface area contributed by atoms with Crippen LogP contribution in [0.25, 0.3) is 117 Å². The standard InChI is InChI=1S/C102H67N7O3/c1-102(2)83-61-70(48-57-79(83)81-62-82-80-26-9-10-28-85(80)106(92(82)63-84(81)102)74-55-46-69(47-56-74)101-104-99(67-22-5-3-6-23-67)103-100(105-101)68-24-7-4-8-25-68)78-27-21-34-91-98(78)112-97-39-20-15-33-90(97)109(91)77-53-44-66(45-54-77)73-59-71(64-40-49-75(50-41-64)107-86-29-11-16-35-93(86)110-94-36-17-12-30-87(94)107)58-72(60-73)65-42-51-76(52-43-65)108-88-31-13-18-37-95(88)111-96-38-19-14-32-89(96)108/h3-63H,1-2H3. The van der Waals surface area contributed by atoms with Gasteiger partial charge in [0, 0.05) is 61.2 Å². The number of ether oxygens (including phenoxy) is 3. The molecule has 10 heteroatoms. The van der Waals surface area contributed by atoms with Crippen molar-refractivity contribution in [2.45, 2.75) is 19.3 Å². The molecule has 0 amide bonds. The van der Waals surface area contributed by atoms with Gasteiger partial charge in [-0.25, -0.2) is 15.0 Å². The van der Waals surface area contributed by atoms with Crippen LogP contribution in [0.4, 0.5) is 51.2 Å². The minimum atomic E-state index is -0.356. The number of anilines is 9. The van der Waals surface area contributed by atoms with Gasteiger partial charge in [-0.2, -0.15) is 0 Å². The highest BCUT2D eigenvalue weighted by Crippen LogP contribution is 2.58. The van der Waals surface area contributed by atoms with Crippen LogP contribution in [-0.2, 0) is 5.41 Å². The van der Waals surface area contributed by atoms with Crippen molar-refractivity contribution in [1.29, 1.82) is 0 Å². The van der Waals surface area contributed by atoms with Crippen molar-refractivity contribution in [1.82, 2.24) is 19.5 Å². The monoisotopic (exact) mass is 1440 g/mol. The Balaban J connectivity index is 0.600. The van der Waals surface area contributed by atoms with Crippen LogP contribution in [-0.4, -0.2) is 19.5 Å². The summed E-state index contributed by atoms with van der Waals surface area (Å²) >= 11 is 0. The summed E-state index contributed by atoms with van der Waals surface area (Å²) in [4.78, 5) is 22.0. The number of para-hydroxylation sites is 12. The fourth-order valence-corrected chi connectivity index (χ4v) is 17.1. The molecule has 0 unspecified atom stereocenters. The molecule has 0 saturated heterocycles. The highest BCUT2D eigenvalue weighted by Gasteiger charge is 2.38. The van der Waals surface area contributed by atoms with E-state index in [4.69, 9.17) is 29.2 Å². The summed E-state index contributed by atoms with van der Waals surface area (Å²) in [6.45, 7) is 4.75. The molecule has 112 heavy (non-hydrogen) atoms. The zero-order chi connectivity index (χ0) is 74.1. The number of hydrogen-bond donors (Lipinski definition) is 0. The number of benzene rings is 16. The number of rotatable bonds is 11. The van der Waals surface area contributed by atoms with Gasteiger partial charge in [0.2, 0.25) is 0 Å². The third kappa shape index (κ3) is 10.6. The lowest BCUT2D eigenvalue weighted by molar-refractivity contribution is 0.477. The summed E-state index contributed by atoms with van der Waals surface area (Å²) in [5, 5.41) is 2.40. The molecule has 0 fully saturated rings. The summed E-state index contributed by atoms with van der Waals surface area (Å²) in [5.41, 5.74) is 28.5. The molecule has 0 saturated carbocycles. The van der Waals surface area contributed by atoms with Gasteiger partial charge in [-0.3, -0.25) is 0 Å². The van der Waals surface area contributed by atoms with E-state index in [2.05, 4.69) is 294 Å². The van der Waals surface area contributed by atoms with Gasteiger partial charge in [-0.1, -0.05) is 214 Å². The fourth-order valence-electron chi connectivity index (χ4n) is 17.1. The van der Waals surface area contributed by atoms with E-state index in [0.29, 0.717) is 17.5 Å². The van der Waals surface area contributed by atoms with Crippen LogP contribution >= 0.6 is 0 Å². The van der Waals surface area contributed by atoms with E-state index in [1.807, 2.05) is 109 Å². The Hall–Kier alpha value is -14.9. The molecule has 22 rings (SSSR count). The average Bonchev–Trinajstić information content (AvgIpc) is 1.53. The molecule has 0 radical (unpaired) electrons. The highest BCUT2D eigenvalue weighted by molar-refractivity contribution is 6.12. The van der Waals surface area contributed by atoms with E-state index >= 15 is 0 Å². The molecule has 1 aliphatic carbocycles. The van der Waals surface area contributed by atoms with E-state index in [1.165, 1.54) is 33.0 Å². The Bertz CT molecular complexity index is 6510. The van der Waals surface area contributed by atoms with Gasteiger partial charge in [-0.15, -0.1) is 0 Å². The van der Waals surface area contributed by atoms with Gasteiger partial charge in [0.25, 0.3) is 0 Å². The lowest BCUT2D eigenvalue weighted by Crippen LogP contribution is -2.16. The van der Waals surface area contributed by atoms with E-state index in [1.54, 1.807) is 0 Å². The zero-order valence-corrected chi connectivity index (χ0v) is 61.1. The first-order chi connectivity index (χ1) is 55.2. The topological polar surface area (TPSA) is 81.0 Å². The summed E-state index contributed by atoms with van der Waals surface area (Å²) < 4.78 is 22.4. The molecular formula is C102H67N7O3. The molecule has 0 atom stereocenters. The van der Waals surface area contributed by atoms with Gasteiger partial charge in [0.05, 0.1) is 45.2 Å². The smallest absolute Gasteiger partial charge is 0.164 e. The molecule has 10 nitrogen and oxygen atoms in total. The van der Waals surface area contributed by atoms with Crippen molar-refractivity contribution in [3.63, 3.8) is 0 Å². The van der Waals surface area contributed by atoms with Crippen LogP contribution in [0, 0.1) is 0 Å².